The molecule has 0 spiro atoms. The Balaban J connectivity index is 1.26. The number of carbonyl (C=O) groups is 2. The molecule has 1 atom stereocenters. The van der Waals surface area contributed by atoms with Crippen LogP contribution in [0.3, 0.4) is 0 Å². The highest BCUT2D eigenvalue weighted by Crippen LogP contribution is 2.35. The van der Waals surface area contributed by atoms with Crippen molar-refractivity contribution in [3.05, 3.63) is 70.4 Å². The van der Waals surface area contributed by atoms with Crippen LogP contribution in [0.1, 0.15) is 37.5 Å². The fourth-order valence-electron chi connectivity index (χ4n) is 4.90. The molecule has 13 heteroatoms. The van der Waals surface area contributed by atoms with Crippen LogP contribution in [0, 0.1) is 0 Å². The first kappa shape index (κ1) is 31.8. The zero-order chi connectivity index (χ0) is 31.8. The Kier molecular flexibility index (Phi) is 10.5. The Labute approximate surface area is 264 Å². The zero-order valence-corrected chi connectivity index (χ0v) is 26.2. The van der Waals surface area contributed by atoms with E-state index in [1.165, 1.54) is 16.3 Å². The van der Waals surface area contributed by atoms with Gasteiger partial charge in [-0.25, -0.2) is 4.98 Å². The summed E-state index contributed by atoms with van der Waals surface area (Å²) in [7, 11) is 3.16. The van der Waals surface area contributed by atoms with Gasteiger partial charge >= 0.3 is 0 Å². The number of thioether (sulfide) groups is 1. The lowest BCUT2D eigenvalue weighted by Gasteiger charge is -2.18. The first-order valence-corrected chi connectivity index (χ1v) is 15.6. The van der Waals surface area contributed by atoms with Crippen molar-refractivity contribution in [1.29, 1.82) is 0 Å². The topological polar surface area (TPSA) is 143 Å². The minimum absolute atomic E-state index is 0.0658. The van der Waals surface area contributed by atoms with E-state index in [2.05, 4.69) is 10.6 Å². The Morgan fingerprint density at radius 2 is 1.87 bits per heavy atom. The molecule has 0 fully saturated rings. The maximum absolute atomic E-state index is 13.8. The summed E-state index contributed by atoms with van der Waals surface area (Å²) in [4.78, 5) is 44.3. The normalized spacial score (nSPS) is 12.6. The molecule has 0 saturated carbocycles. The highest BCUT2D eigenvalue weighted by atomic mass is 32.2. The van der Waals surface area contributed by atoms with E-state index in [1.807, 2.05) is 25.1 Å². The van der Waals surface area contributed by atoms with Crippen LogP contribution < -0.4 is 35.1 Å². The standard InChI is InChI=1S/C32H36N4O8S/c1-4-28(30(38)34-18-21-7-6-14-42-21)45-32-35-23-17-27-26(43-19-44-27)16-22(23)31(39)36(32)13-5-8-29(37)33-12-11-20-9-10-24(40-2)25(15-20)41-3/h6-7,9-10,14-17,28H,4-5,8,11-13,18-19H2,1-3H3,(H,33,37)(H,34,38)/t28-/m0/s1. The van der Waals surface area contributed by atoms with E-state index >= 15 is 0 Å². The second-order valence-electron chi connectivity index (χ2n) is 10.3. The third kappa shape index (κ3) is 7.72. The molecule has 2 N–H and O–H groups in total. The lowest BCUT2D eigenvalue weighted by molar-refractivity contribution is -0.121. The van der Waals surface area contributed by atoms with Crippen molar-refractivity contribution in [2.45, 2.75) is 56.1 Å². The molecule has 0 aliphatic carbocycles. The van der Waals surface area contributed by atoms with Crippen LogP contribution in [0.15, 0.2) is 63.1 Å². The minimum Gasteiger partial charge on any atom is -0.493 e. The monoisotopic (exact) mass is 636 g/mol. The summed E-state index contributed by atoms with van der Waals surface area (Å²) in [5.41, 5.74) is 1.17. The molecule has 3 heterocycles. The molecule has 2 amide bonds. The van der Waals surface area contributed by atoms with E-state index in [9.17, 15) is 14.4 Å². The number of methoxy groups -OCH3 is 2. The summed E-state index contributed by atoms with van der Waals surface area (Å²) in [5, 5.41) is 6.09. The van der Waals surface area contributed by atoms with Crippen molar-refractivity contribution in [1.82, 2.24) is 20.2 Å². The number of rotatable bonds is 15. The molecule has 0 bridgehead atoms. The largest absolute Gasteiger partial charge is 0.493 e. The van der Waals surface area contributed by atoms with E-state index in [4.69, 9.17) is 28.3 Å². The fraction of sp³-hybridized carbons (Fsp3) is 0.375. The highest BCUT2D eigenvalue weighted by molar-refractivity contribution is 8.00. The maximum Gasteiger partial charge on any atom is 0.262 e. The number of nitrogens with one attached hydrogen (secondary N) is 2. The number of furan rings is 1. The number of hydrogen-bond acceptors (Lipinski definition) is 10. The number of aromatic nitrogens is 2. The van der Waals surface area contributed by atoms with Gasteiger partial charge in [0.1, 0.15) is 5.76 Å². The smallest absolute Gasteiger partial charge is 0.262 e. The second-order valence-corrected chi connectivity index (χ2v) is 11.4. The lowest BCUT2D eigenvalue weighted by Crippen LogP contribution is -2.33. The van der Waals surface area contributed by atoms with Crippen molar-refractivity contribution >= 4 is 34.5 Å². The van der Waals surface area contributed by atoms with Gasteiger partial charge in [-0.15, -0.1) is 0 Å². The summed E-state index contributed by atoms with van der Waals surface area (Å²) in [6, 6.07) is 12.5. The first-order valence-electron chi connectivity index (χ1n) is 14.7. The molecule has 45 heavy (non-hydrogen) atoms. The molecule has 2 aromatic carbocycles. The van der Waals surface area contributed by atoms with Crippen LogP contribution in [0.2, 0.25) is 0 Å². The molecule has 12 nitrogen and oxygen atoms in total. The van der Waals surface area contributed by atoms with Crippen LogP contribution in [-0.2, 0) is 29.1 Å². The van der Waals surface area contributed by atoms with Crippen LogP contribution >= 0.6 is 11.8 Å². The van der Waals surface area contributed by atoms with E-state index in [0.29, 0.717) is 70.6 Å². The lowest BCUT2D eigenvalue weighted by atomic mass is 10.1. The average molecular weight is 637 g/mol. The van der Waals surface area contributed by atoms with Crippen LogP contribution in [-0.4, -0.2) is 54.2 Å². The van der Waals surface area contributed by atoms with Gasteiger partial charge in [-0.1, -0.05) is 24.8 Å². The summed E-state index contributed by atoms with van der Waals surface area (Å²) in [5.74, 6) is 2.59. The van der Waals surface area contributed by atoms with E-state index < -0.39 is 5.25 Å². The third-order valence-corrected chi connectivity index (χ3v) is 8.67. The Morgan fingerprint density at radius 1 is 1.07 bits per heavy atom. The van der Waals surface area contributed by atoms with Crippen LogP contribution in [0.5, 0.6) is 23.0 Å². The van der Waals surface area contributed by atoms with Gasteiger partial charge in [0, 0.05) is 25.6 Å². The molecule has 0 radical (unpaired) electrons. The fourth-order valence-corrected chi connectivity index (χ4v) is 5.96. The Morgan fingerprint density at radius 3 is 2.60 bits per heavy atom. The van der Waals surface area contributed by atoms with Crippen molar-refractivity contribution in [2.75, 3.05) is 27.6 Å². The van der Waals surface area contributed by atoms with Crippen molar-refractivity contribution < 1.29 is 33.0 Å². The summed E-state index contributed by atoms with van der Waals surface area (Å²) < 4.78 is 28.5. The number of ether oxygens (including phenoxy) is 4. The zero-order valence-electron chi connectivity index (χ0n) is 25.4. The number of benzene rings is 2. The van der Waals surface area contributed by atoms with Gasteiger partial charge in [0.05, 0.1) is 43.2 Å². The first-order chi connectivity index (χ1) is 21.9. The molecule has 4 aromatic rings. The number of amides is 2. The molecule has 1 aliphatic rings. The van der Waals surface area contributed by atoms with Gasteiger partial charge in [-0.3, -0.25) is 19.0 Å². The summed E-state index contributed by atoms with van der Waals surface area (Å²) in [6.07, 6.45) is 3.29. The Hall–Kier alpha value is -4.65. The summed E-state index contributed by atoms with van der Waals surface area (Å²) in [6.45, 7) is 2.91. The molecule has 0 unspecified atom stereocenters. The highest BCUT2D eigenvalue weighted by Gasteiger charge is 2.24. The van der Waals surface area contributed by atoms with E-state index in [0.717, 1.165) is 5.56 Å². The average Bonchev–Trinajstić information content (AvgIpc) is 3.75. The van der Waals surface area contributed by atoms with E-state index in [-0.39, 0.29) is 43.7 Å². The molecule has 0 saturated heterocycles. The van der Waals surface area contributed by atoms with Crippen molar-refractivity contribution in [2.24, 2.45) is 0 Å². The molecule has 2 aromatic heterocycles. The number of carbonyl (C=O) groups excluding carboxylic acids is 2. The van der Waals surface area contributed by atoms with Crippen LogP contribution in [0.4, 0.5) is 0 Å². The van der Waals surface area contributed by atoms with Crippen molar-refractivity contribution in [3.8, 4) is 23.0 Å². The Bertz CT molecular complexity index is 1710. The maximum atomic E-state index is 13.8. The molecule has 1 aliphatic heterocycles. The third-order valence-electron chi connectivity index (χ3n) is 7.31. The van der Waals surface area contributed by atoms with Gasteiger partial charge in [0.2, 0.25) is 18.6 Å². The van der Waals surface area contributed by atoms with E-state index in [1.54, 1.807) is 44.7 Å². The number of nitrogens with zero attached hydrogens (tertiary/aromatic N) is 2. The predicted octanol–water partition coefficient (Wildman–Crippen LogP) is 4.06. The van der Waals surface area contributed by atoms with Gasteiger partial charge < -0.3 is 34.0 Å². The van der Waals surface area contributed by atoms with Crippen LogP contribution in [0.25, 0.3) is 10.9 Å². The second kappa shape index (κ2) is 14.9. The molecular weight excluding hydrogens is 600 g/mol. The number of hydrogen-bond donors (Lipinski definition) is 2. The predicted molar refractivity (Wildman–Crippen MR) is 168 cm³/mol. The van der Waals surface area contributed by atoms with Gasteiger partial charge in [-0.05, 0) is 55.2 Å². The number of fused-ring (bicyclic) bond motifs is 2. The summed E-state index contributed by atoms with van der Waals surface area (Å²) >= 11 is 1.22. The van der Waals surface area contributed by atoms with Gasteiger partial charge in [0.15, 0.2) is 28.2 Å². The van der Waals surface area contributed by atoms with Gasteiger partial charge in [-0.2, -0.15) is 0 Å². The SMILES string of the molecule is CC[C@H](Sc1nc2cc3c(cc2c(=O)n1CCCC(=O)NCCc1ccc(OC)c(OC)c1)OCO3)C(=O)NCc1ccco1. The minimum atomic E-state index is -0.510. The molecular formula is C32H36N4O8S. The quantitative estimate of drug-likeness (QED) is 0.145. The molecule has 5 rings (SSSR count). The van der Waals surface area contributed by atoms with Gasteiger partial charge in [0.25, 0.3) is 5.56 Å². The molecule has 238 valence electrons. The van der Waals surface area contributed by atoms with Crippen molar-refractivity contribution in [3.63, 3.8) is 0 Å².